The number of carboxylic acid groups (broad SMARTS) is 1. The fourth-order valence-electron chi connectivity index (χ4n) is 2.84. The summed E-state index contributed by atoms with van der Waals surface area (Å²) in [6, 6.07) is 0.334. The summed E-state index contributed by atoms with van der Waals surface area (Å²) in [6.07, 6.45) is 0.809. The van der Waals surface area contributed by atoms with Gasteiger partial charge in [-0.25, -0.2) is 0 Å². The quantitative estimate of drug-likeness (QED) is 0.841. The van der Waals surface area contributed by atoms with Gasteiger partial charge >= 0.3 is 5.97 Å². The van der Waals surface area contributed by atoms with Crippen LogP contribution < -0.4 is 0 Å². The zero-order chi connectivity index (χ0) is 14.4. The van der Waals surface area contributed by atoms with Crippen LogP contribution in [0.3, 0.4) is 0 Å². The summed E-state index contributed by atoms with van der Waals surface area (Å²) in [4.78, 5) is 10.7. The van der Waals surface area contributed by atoms with Gasteiger partial charge in [-0.2, -0.15) is 0 Å². The third kappa shape index (κ3) is 2.16. The van der Waals surface area contributed by atoms with Gasteiger partial charge in [0.1, 0.15) is 5.82 Å². The maximum absolute atomic E-state index is 10.7. The van der Waals surface area contributed by atoms with Crippen molar-refractivity contribution in [3.8, 4) is 0 Å². The molecule has 19 heavy (non-hydrogen) atoms. The van der Waals surface area contributed by atoms with E-state index in [-0.39, 0.29) is 16.6 Å². The Kier molecular flexibility index (Phi) is 3.41. The Hall–Kier alpha value is -1.04. The maximum Gasteiger partial charge on any atom is 0.313 e. The second-order valence-electron chi connectivity index (χ2n) is 6.15. The van der Waals surface area contributed by atoms with Crippen molar-refractivity contribution < 1.29 is 9.90 Å². The molecular formula is C13H21N3O2S. The van der Waals surface area contributed by atoms with Crippen molar-refractivity contribution in [2.45, 2.75) is 52.2 Å². The Labute approximate surface area is 117 Å². The van der Waals surface area contributed by atoms with E-state index in [0.29, 0.717) is 6.04 Å². The molecular weight excluding hydrogens is 262 g/mol. The van der Waals surface area contributed by atoms with Crippen LogP contribution in [-0.4, -0.2) is 31.6 Å². The molecule has 0 atom stereocenters. The van der Waals surface area contributed by atoms with Gasteiger partial charge in [0, 0.05) is 12.5 Å². The summed E-state index contributed by atoms with van der Waals surface area (Å²) in [6.45, 7) is 11.0. The Morgan fingerprint density at radius 3 is 2.32 bits per heavy atom. The highest BCUT2D eigenvalue weighted by Gasteiger charge is 2.66. The van der Waals surface area contributed by atoms with Gasteiger partial charge in [-0.05, 0) is 10.8 Å². The van der Waals surface area contributed by atoms with Crippen molar-refractivity contribution in [1.82, 2.24) is 14.8 Å². The first-order valence-corrected chi connectivity index (χ1v) is 7.50. The Bertz CT molecular complexity index is 494. The van der Waals surface area contributed by atoms with Crippen LogP contribution in [0.5, 0.6) is 0 Å². The van der Waals surface area contributed by atoms with Crippen LogP contribution >= 0.6 is 11.8 Å². The third-order valence-electron chi connectivity index (χ3n) is 4.58. The van der Waals surface area contributed by atoms with E-state index in [2.05, 4.69) is 49.4 Å². The fourth-order valence-corrected chi connectivity index (χ4v) is 3.54. The molecule has 1 heterocycles. The van der Waals surface area contributed by atoms with Gasteiger partial charge in [-0.3, -0.25) is 4.79 Å². The third-order valence-corrected chi connectivity index (χ3v) is 5.51. The molecule has 0 radical (unpaired) electrons. The minimum Gasteiger partial charge on any atom is -0.481 e. The lowest BCUT2D eigenvalue weighted by Gasteiger charge is -2.10. The molecule has 1 aliphatic rings. The van der Waals surface area contributed by atoms with Crippen LogP contribution in [0.2, 0.25) is 0 Å². The lowest BCUT2D eigenvalue weighted by molar-refractivity contribution is -0.133. The molecule has 106 valence electrons. The van der Waals surface area contributed by atoms with Crippen molar-refractivity contribution in [3.05, 3.63) is 5.82 Å². The fraction of sp³-hybridized carbons (Fsp3) is 0.769. The number of carbonyl (C=O) groups is 1. The summed E-state index contributed by atoms with van der Waals surface area (Å²) < 4.78 is 2.15. The molecule has 2 rings (SSSR count). The number of hydrogen-bond donors (Lipinski definition) is 1. The number of aliphatic carboxylic acids is 1. The van der Waals surface area contributed by atoms with Crippen molar-refractivity contribution in [3.63, 3.8) is 0 Å². The molecule has 0 spiro atoms. The predicted octanol–water partition coefficient (Wildman–Crippen LogP) is 2.62. The Morgan fingerprint density at radius 1 is 1.32 bits per heavy atom. The molecule has 1 aromatic rings. The van der Waals surface area contributed by atoms with E-state index in [9.17, 15) is 4.79 Å². The molecule has 0 aromatic carbocycles. The summed E-state index contributed by atoms with van der Waals surface area (Å²) >= 11 is 1.25. The number of carboxylic acids is 1. The first kappa shape index (κ1) is 14.4. The highest BCUT2D eigenvalue weighted by Crippen LogP contribution is 2.72. The van der Waals surface area contributed by atoms with Gasteiger partial charge in [-0.1, -0.05) is 46.4 Å². The molecule has 1 aromatic heterocycles. The number of rotatable bonds is 5. The average Bonchev–Trinajstić information content (AvgIpc) is 2.64. The van der Waals surface area contributed by atoms with E-state index in [1.807, 2.05) is 0 Å². The van der Waals surface area contributed by atoms with Gasteiger partial charge in [0.15, 0.2) is 5.16 Å². The van der Waals surface area contributed by atoms with Crippen molar-refractivity contribution in [1.29, 1.82) is 0 Å². The van der Waals surface area contributed by atoms with Crippen molar-refractivity contribution >= 4 is 17.7 Å². The minimum atomic E-state index is -0.827. The zero-order valence-corrected chi connectivity index (χ0v) is 12.9. The second-order valence-corrected chi connectivity index (χ2v) is 7.09. The van der Waals surface area contributed by atoms with Gasteiger partial charge in [0.25, 0.3) is 0 Å². The smallest absolute Gasteiger partial charge is 0.313 e. The lowest BCUT2D eigenvalue weighted by Crippen LogP contribution is -2.08. The molecule has 0 amide bonds. The second kappa shape index (κ2) is 4.51. The maximum atomic E-state index is 10.7. The zero-order valence-electron chi connectivity index (χ0n) is 12.1. The van der Waals surface area contributed by atoms with E-state index < -0.39 is 5.97 Å². The number of thioether (sulfide) groups is 1. The summed E-state index contributed by atoms with van der Waals surface area (Å²) in [5.41, 5.74) is 0.357. The summed E-state index contributed by atoms with van der Waals surface area (Å²) in [5.74, 6) is 0.138. The first-order chi connectivity index (χ1) is 8.73. The van der Waals surface area contributed by atoms with Gasteiger partial charge in [0.05, 0.1) is 5.75 Å². The van der Waals surface area contributed by atoms with Crippen LogP contribution in [0.15, 0.2) is 5.16 Å². The number of aryl methyl sites for hydroxylation is 1. The van der Waals surface area contributed by atoms with Crippen molar-refractivity contribution in [2.75, 3.05) is 5.75 Å². The molecule has 1 fully saturated rings. The van der Waals surface area contributed by atoms with Crippen LogP contribution in [0.1, 0.15) is 46.5 Å². The molecule has 0 saturated heterocycles. The first-order valence-electron chi connectivity index (χ1n) is 6.51. The summed E-state index contributed by atoms with van der Waals surface area (Å²) in [7, 11) is 0. The van der Waals surface area contributed by atoms with E-state index in [1.54, 1.807) is 0 Å². The molecule has 1 N–H and O–H groups in total. The predicted molar refractivity (Wildman–Crippen MR) is 74.4 cm³/mol. The van der Waals surface area contributed by atoms with E-state index in [1.165, 1.54) is 11.8 Å². The number of nitrogens with zero attached hydrogens (tertiary/aromatic N) is 3. The van der Waals surface area contributed by atoms with Gasteiger partial charge in [0.2, 0.25) is 0 Å². The summed E-state index contributed by atoms with van der Waals surface area (Å²) in [5, 5.41) is 17.9. The standard InChI is InChI=1S/C13H21N3O2S/c1-6-8-14-15-11(19-7-9(17)18)16(8)10-12(2,3)13(10,4)5/h10H,6-7H2,1-5H3,(H,17,18). The van der Waals surface area contributed by atoms with E-state index in [4.69, 9.17) is 5.11 Å². The molecule has 6 heteroatoms. The van der Waals surface area contributed by atoms with Gasteiger partial charge < -0.3 is 9.67 Å². The normalized spacial score (nSPS) is 20.5. The van der Waals surface area contributed by atoms with E-state index >= 15 is 0 Å². The lowest BCUT2D eigenvalue weighted by atomic mass is 10.0. The number of hydrogen-bond acceptors (Lipinski definition) is 4. The van der Waals surface area contributed by atoms with E-state index in [0.717, 1.165) is 17.4 Å². The van der Waals surface area contributed by atoms with Crippen LogP contribution in [0.4, 0.5) is 0 Å². The molecule has 0 aliphatic heterocycles. The Morgan fingerprint density at radius 2 is 1.89 bits per heavy atom. The molecule has 1 aliphatic carbocycles. The van der Waals surface area contributed by atoms with Gasteiger partial charge in [-0.15, -0.1) is 10.2 Å². The molecule has 5 nitrogen and oxygen atoms in total. The highest BCUT2D eigenvalue weighted by atomic mass is 32.2. The van der Waals surface area contributed by atoms with Crippen LogP contribution in [0, 0.1) is 10.8 Å². The van der Waals surface area contributed by atoms with Crippen LogP contribution in [0.25, 0.3) is 0 Å². The molecule has 1 saturated carbocycles. The SMILES string of the molecule is CCc1nnc(SCC(=O)O)n1C1C(C)(C)C1(C)C. The monoisotopic (exact) mass is 283 g/mol. The number of aromatic nitrogens is 3. The average molecular weight is 283 g/mol. The Balaban J connectivity index is 2.34. The topological polar surface area (TPSA) is 68.0 Å². The van der Waals surface area contributed by atoms with Crippen molar-refractivity contribution in [2.24, 2.45) is 10.8 Å². The largest absolute Gasteiger partial charge is 0.481 e. The molecule has 0 unspecified atom stereocenters. The van der Waals surface area contributed by atoms with Crippen LogP contribution in [-0.2, 0) is 11.2 Å². The minimum absolute atomic E-state index is 0.0232. The highest BCUT2D eigenvalue weighted by molar-refractivity contribution is 7.99. The molecule has 0 bridgehead atoms.